The molecule has 0 unspecified atom stereocenters. The first-order chi connectivity index (χ1) is 6.25. The van der Waals surface area contributed by atoms with E-state index in [1.807, 2.05) is 0 Å². The third-order valence-electron chi connectivity index (χ3n) is 1.93. The summed E-state index contributed by atoms with van der Waals surface area (Å²) >= 11 is 2.12. The lowest BCUT2D eigenvalue weighted by molar-refractivity contribution is 0.0211. The molecule has 4 heteroatoms. The Kier molecular flexibility index (Phi) is 2.69. The lowest BCUT2D eigenvalue weighted by Crippen LogP contribution is -2.40. The monoisotopic (exact) mass is 293 g/mol. The van der Waals surface area contributed by atoms with E-state index in [0.29, 0.717) is 6.04 Å². The van der Waals surface area contributed by atoms with Crippen LogP contribution in [0.5, 0.6) is 0 Å². The Hall–Kier alpha value is -0.360. The van der Waals surface area contributed by atoms with Crippen LogP contribution in [0.2, 0.25) is 0 Å². The molecule has 0 spiro atoms. The Morgan fingerprint density at radius 2 is 2.23 bits per heavy atom. The third-order valence-corrected chi connectivity index (χ3v) is 2.82. The van der Waals surface area contributed by atoms with Crippen LogP contribution in [0.15, 0.2) is 18.2 Å². The van der Waals surface area contributed by atoms with Crippen molar-refractivity contribution in [1.82, 2.24) is 0 Å². The molecule has 1 aromatic carbocycles. The van der Waals surface area contributed by atoms with Crippen LogP contribution >= 0.6 is 22.6 Å². The van der Waals surface area contributed by atoms with Gasteiger partial charge < -0.3 is 10.1 Å². The van der Waals surface area contributed by atoms with Crippen molar-refractivity contribution in [3.8, 4) is 0 Å². The molecule has 0 saturated carbocycles. The molecule has 1 aliphatic rings. The first-order valence-corrected chi connectivity index (χ1v) is 5.13. The van der Waals surface area contributed by atoms with Crippen molar-refractivity contribution in [2.75, 3.05) is 18.5 Å². The lowest BCUT2D eigenvalue weighted by Gasteiger charge is -2.28. The zero-order valence-corrected chi connectivity index (χ0v) is 9.05. The molecule has 0 bridgehead atoms. The molecule has 0 radical (unpaired) electrons. The highest BCUT2D eigenvalue weighted by Gasteiger charge is 2.18. The normalized spacial score (nSPS) is 16.8. The van der Waals surface area contributed by atoms with E-state index < -0.39 is 0 Å². The Labute approximate surface area is 89.6 Å². The zero-order chi connectivity index (χ0) is 9.26. The van der Waals surface area contributed by atoms with Crippen LogP contribution in [-0.2, 0) is 4.74 Å². The van der Waals surface area contributed by atoms with Gasteiger partial charge in [0.2, 0.25) is 0 Å². The smallest absolute Gasteiger partial charge is 0.124 e. The van der Waals surface area contributed by atoms with Gasteiger partial charge in [-0.2, -0.15) is 0 Å². The minimum Gasteiger partial charge on any atom is -0.377 e. The molecular weight excluding hydrogens is 284 g/mol. The standard InChI is InChI=1S/C9H9FINO/c10-6-1-2-9(8(11)3-6)12-7-4-13-5-7/h1-3,7,12H,4-5H2. The molecule has 1 heterocycles. The average Bonchev–Trinajstić information content (AvgIpc) is 1.99. The summed E-state index contributed by atoms with van der Waals surface area (Å²) in [5.74, 6) is -0.195. The van der Waals surface area contributed by atoms with Crippen LogP contribution in [0.4, 0.5) is 10.1 Å². The maximum atomic E-state index is 12.7. The predicted octanol–water partition coefficient (Wildman–Crippen LogP) is 2.24. The number of nitrogens with one attached hydrogen (secondary N) is 1. The molecule has 0 amide bonds. The van der Waals surface area contributed by atoms with E-state index in [9.17, 15) is 4.39 Å². The van der Waals surface area contributed by atoms with Gasteiger partial charge in [0.05, 0.1) is 19.3 Å². The molecule has 13 heavy (non-hydrogen) atoms. The summed E-state index contributed by atoms with van der Waals surface area (Å²) in [7, 11) is 0. The van der Waals surface area contributed by atoms with Crippen LogP contribution in [0.3, 0.4) is 0 Å². The van der Waals surface area contributed by atoms with Crippen molar-refractivity contribution in [1.29, 1.82) is 0 Å². The number of halogens is 2. The van der Waals surface area contributed by atoms with E-state index in [4.69, 9.17) is 4.74 Å². The van der Waals surface area contributed by atoms with E-state index >= 15 is 0 Å². The number of hydrogen-bond acceptors (Lipinski definition) is 2. The van der Waals surface area contributed by atoms with Crippen molar-refractivity contribution in [3.05, 3.63) is 27.6 Å². The summed E-state index contributed by atoms with van der Waals surface area (Å²) in [6.07, 6.45) is 0. The second-order valence-electron chi connectivity index (χ2n) is 3.00. The van der Waals surface area contributed by atoms with Gasteiger partial charge in [0.1, 0.15) is 5.82 Å². The number of hydrogen-bond donors (Lipinski definition) is 1. The van der Waals surface area contributed by atoms with Gasteiger partial charge in [0.25, 0.3) is 0 Å². The van der Waals surface area contributed by atoms with E-state index in [-0.39, 0.29) is 5.82 Å². The van der Waals surface area contributed by atoms with Crippen molar-refractivity contribution in [2.24, 2.45) is 0 Å². The average molecular weight is 293 g/mol. The van der Waals surface area contributed by atoms with Gasteiger partial charge in [-0.3, -0.25) is 0 Å². The van der Waals surface area contributed by atoms with Crippen LogP contribution < -0.4 is 5.32 Å². The Morgan fingerprint density at radius 3 is 2.77 bits per heavy atom. The van der Waals surface area contributed by atoms with Gasteiger partial charge in [-0.25, -0.2) is 4.39 Å². The van der Waals surface area contributed by atoms with Crippen LogP contribution in [0, 0.1) is 9.39 Å². The lowest BCUT2D eigenvalue weighted by atomic mass is 10.2. The molecule has 2 nitrogen and oxygen atoms in total. The molecule has 0 aliphatic carbocycles. The fourth-order valence-corrected chi connectivity index (χ4v) is 1.78. The fraction of sp³-hybridized carbons (Fsp3) is 0.333. The van der Waals surface area contributed by atoms with E-state index in [2.05, 4.69) is 27.9 Å². The van der Waals surface area contributed by atoms with Gasteiger partial charge in [0.15, 0.2) is 0 Å². The summed E-state index contributed by atoms with van der Waals surface area (Å²) in [4.78, 5) is 0. The van der Waals surface area contributed by atoms with Crippen LogP contribution in [0.1, 0.15) is 0 Å². The molecule has 1 aliphatic heterocycles. The summed E-state index contributed by atoms with van der Waals surface area (Å²) in [5, 5.41) is 3.27. The minimum absolute atomic E-state index is 0.195. The van der Waals surface area contributed by atoms with Crippen molar-refractivity contribution in [3.63, 3.8) is 0 Å². The molecule has 1 aromatic rings. The van der Waals surface area contributed by atoms with Gasteiger partial charge in [-0.1, -0.05) is 0 Å². The summed E-state index contributed by atoms with van der Waals surface area (Å²) in [6.45, 7) is 1.49. The Balaban J connectivity index is 2.10. The van der Waals surface area contributed by atoms with E-state index in [1.165, 1.54) is 12.1 Å². The number of rotatable bonds is 2. The van der Waals surface area contributed by atoms with E-state index in [0.717, 1.165) is 22.5 Å². The highest BCUT2D eigenvalue weighted by Crippen LogP contribution is 2.21. The van der Waals surface area contributed by atoms with Crippen molar-refractivity contribution >= 4 is 28.3 Å². The second kappa shape index (κ2) is 3.79. The van der Waals surface area contributed by atoms with Crippen molar-refractivity contribution in [2.45, 2.75) is 6.04 Å². The van der Waals surface area contributed by atoms with Gasteiger partial charge in [-0.05, 0) is 40.8 Å². The summed E-state index contributed by atoms with van der Waals surface area (Å²) in [6, 6.07) is 5.13. The Bertz CT molecular complexity index is 314. The molecular formula is C9H9FINO. The topological polar surface area (TPSA) is 21.3 Å². The zero-order valence-electron chi connectivity index (χ0n) is 6.89. The molecule has 1 N–H and O–H groups in total. The number of benzene rings is 1. The fourth-order valence-electron chi connectivity index (χ4n) is 1.15. The highest BCUT2D eigenvalue weighted by molar-refractivity contribution is 14.1. The van der Waals surface area contributed by atoms with Crippen LogP contribution in [-0.4, -0.2) is 19.3 Å². The SMILES string of the molecule is Fc1ccc(NC2COC2)c(I)c1. The quantitative estimate of drug-likeness (QED) is 0.844. The maximum absolute atomic E-state index is 12.7. The minimum atomic E-state index is -0.195. The first-order valence-electron chi connectivity index (χ1n) is 4.05. The van der Waals surface area contributed by atoms with Gasteiger partial charge >= 0.3 is 0 Å². The van der Waals surface area contributed by atoms with Crippen LogP contribution in [0.25, 0.3) is 0 Å². The van der Waals surface area contributed by atoms with Gasteiger partial charge in [0, 0.05) is 9.26 Å². The molecule has 2 rings (SSSR count). The van der Waals surface area contributed by atoms with Gasteiger partial charge in [-0.15, -0.1) is 0 Å². The maximum Gasteiger partial charge on any atom is 0.124 e. The molecule has 70 valence electrons. The highest BCUT2D eigenvalue weighted by atomic mass is 127. The first kappa shape index (κ1) is 9.21. The molecule has 1 saturated heterocycles. The molecule has 0 aromatic heterocycles. The number of anilines is 1. The predicted molar refractivity (Wildman–Crippen MR) is 57.3 cm³/mol. The third kappa shape index (κ3) is 2.11. The van der Waals surface area contributed by atoms with E-state index in [1.54, 1.807) is 6.07 Å². The summed E-state index contributed by atoms with van der Waals surface area (Å²) < 4.78 is 18.7. The summed E-state index contributed by atoms with van der Waals surface area (Å²) in [5.41, 5.74) is 0.982. The second-order valence-corrected chi connectivity index (χ2v) is 4.17. The van der Waals surface area contributed by atoms with Crippen molar-refractivity contribution < 1.29 is 9.13 Å². The Morgan fingerprint density at radius 1 is 1.46 bits per heavy atom. The number of ether oxygens (including phenoxy) is 1. The molecule has 0 atom stereocenters. The molecule has 1 fully saturated rings. The largest absolute Gasteiger partial charge is 0.377 e.